The molecule has 0 fully saturated rings. The van der Waals surface area contributed by atoms with Crippen molar-refractivity contribution >= 4 is 16.9 Å². The lowest BCUT2D eigenvalue weighted by Gasteiger charge is -2.24. The van der Waals surface area contributed by atoms with Crippen molar-refractivity contribution in [2.75, 3.05) is 0 Å². The number of carboxylic acids is 1. The van der Waals surface area contributed by atoms with E-state index in [-0.39, 0.29) is 12.0 Å². The average Bonchev–Trinajstić information content (AvgIpc) is 2.76. The topological polar surface area (TPSA) is 79.1 Å². The number of aromatic amines is 1. The zero-order chi connectivity index (χ0) is 13.6. The van der Waals surface area contributed by atoms with Crippen LogP contribution in [0.15, 0.2) is 18.2 Å². The monoisotopic (exact) mass is 258 g/mol. The largest absolute Gasteiger partial charge is 0.481 e. The molecule has 1 aromatic carbocycles. The molecule has 2 atom stereocenters. The fourth-order valence-electron chi connectivity index (χ4n) is 3.06. The van der Waals surface area contributed by atoms with Gasteiger partial charge >= 0.3 is 5.97 Å². The summed E-state index contributed by atoms with van der Waals surface area (Å²) in [5, 5.41) is 10.3. The lowest BCUT2D eigenvalue weighted by molar-refractivity contribution is -0.142. The summed E-state index contributed by atoms with van der Waals surface area (Å²) < 4.78 is 0. The fraction of sp³-hybridized carbons (Fsp3) is 0.400. The predicted octanol–water partition coefficient (Wildman–Crippen LogP) is 2.38. The number of nitrogens with one attached hydrogen (secondary N) is 1. The number of benzene rings is 1. The molecule has 1 aliphatic carbocycles. The Morgan fingerprint density at radius 1 is 1.53 bits per heavy atom. The molecule has 2 aromatic rings. The molecule has 1 heterocycles. The zero-order valence-electron chi connectivity index (χ0n) is 10.9. The lowest BCUT2D eigenvalue weighted by Crippen LogP contribution is -2.28. The molecule has 4 heteroatoms. The van der Waals surface area contributed by atoms with E-state index in [0.717, 1.165) is 28.6 Å². The zero-order valence-corrected chi connectivity index (χ0v) is 10.9. The second-order valence-electron chi connectivity index (χ2n) is 5.33. The van der Waals surface area contributed by atoms with Crippen molar-refractivity contribution in [3.05, 3.63) is 35.0 Å². The first-order chi connectivity index (χ1) is 9.10. The van der Waals surface area contributed by atoms with Crippen molar-refractivity contribution < 1.29 is 9.90 Å². The number of aromatic nitrogens is 1. The van der Waals surface area contributed by atoms with Gasteiger partial charge in [-0.3, -0.25) is 4.79 Å². The SMILES string of the molecule is CCc1ccc2[nH]c3c(c2c1)C(N)CC(C(=O)O)C3. The van der Waals surface area contributed by atoms with E-state index in [9.17, 15) is 4.79 Å². The van der Waals surface area contributed by atoms with Crippen LogP contribution in [0.25, 0.3) is 10.9 Å². The first-order valence-corrected chi connectivity index (χ1v) is 6.72. The van der Waals surface area contributed by atoms with E-state index in [1.54, 1.807) is 0 Å². The van der Waals surface area contributed by atoms with Gasteiger partial charge in [0, 0.05) is 29.1 Å². The summed E-state index contributed by atoms with van der Waals surface area (Å²) in [4.78, 5) is 14.5. The van der Waals surface area contributed by atoms with Gasteiger partial charge in [0.05, 0.1) is 5.92 Å². The molecule has 19 heavy (non-hydrogen) atoms. The van der Waals surface area contributed by atoms with E-state index in [1.807, 2.05) is 0 Å². The minimum absolute atomic E-state index is 0.189. The number of fused-ring (bicyclic) bond motifs is 3. The van der Waals surface area contributed by atoms with Crippen molar-refractivity contribution in [3.8, 4) is 0 Å². The van der Waals surface area contributed by atoms with Gasteiger partial charge in [-0.05, 0) is 36.1 Å². The number of nitrogens with two attached hydrogens (primary N) is 1. The van der Waals surface area contributed by atoms with Gasteiger partial charge in [-0.2, -0.15) is 0 Å². The third kappa shape index (κ3) is 1.92. The molecule has 0 radical (unpaired) electrons. The van der Waals surface area contributed by atoms with Gasteiger partial charge in [-0.1, -0.05) is 13.0 Å². The highest BCUT2D eigenvalue weighted by atomic mass is 16.4. The molecule has 3 rings (SSSR count). The molecular formula is C15H18N2O2. The molecule has 2 unspecified atom stereocenters. The maximum Gasteiger partial charge on any atom is 0.306 e. The van der Waals surface area contributed by atoms with Crippen LogP contribution in [-0.2, 0) is 17.6 Å². The number of rotatable bonds is 2. The Balaban J connectivity index is 2.14. The van der Waals surface area contributed by atoms with Gasteiger partial charge in [-0.15, -0.1) is 0 Å². The van der Waals surface area contributed by atoms with Crippen LogP contribution in [0.2, 0.25) is 0 Å². The Kier molecular flexibility index (Phi) is 2.82. The average molecular weight is 258 g/mol. The smallest absolute Gasteiger partial charge is 0.306 e. The molecular weight excluding hydrogens is 240 g/mol. The van der Waals surface area contributed by atoms with Crippen molar-refractivity contribution in [1.82, 2.24) is 4.98 Å². The highest BCUT2D eigenvalue weighted by Gasteiger charge is 2.31. The summed E-state index contributed by atoms with van der Waals surface area (Å²) in [6, 6.07) is 6.15. The second-order valence-corrected chi connectivity index (χ2v) is 5.33. The molecule has 4 N–H and O–H groups in total. The van der Waals surface area contributed by atoms with E-state index in [1.165, 1.54) is 5.56 Å². The second kappa shape index (κ2) is 4.38. The Morgan fingerprint density at radius 3 is 3.00 bits per heavy atom. The number of carbonyl (C=O) groups is 1. The molecule has 1 aromatic heterocycles. The summed E-state index contributed by atoms with van der Waals surface area (Å²) >= 11 is 0. The first kappa shape index (κ1) is 12.2. The summed E-state index contributed by atoms with van der Waals surface area (Å²) in [6.45, 7) is 2.13. The van der Waals surface area contributed by atoms with E-state index < -0.39 is 5.97 Å². The Bertz CT molecular complexity index is 645. The molecule has 100 valence electrons. The van der Waals surface area contributed by atoms with E-state index in [4.69, 9.17) is 10.8 Å². The molecule has 0 saturated heterocycles. The van der Waals surface area contributed by atoms with Crippen molar-refractivity contribution in [3.63, 3.8) is 0 Å². The van der Waals surface area contributed by atoms with Crippen molar-refractivity contribution in [2.45, 2.75) is 32.2 Å². The number of H-pyrrole nitrogens is 1. The minimum Gasteiger partial charge on any atom is -0.481 e. The minimum atomic E-state index is -0.756. The third-order valence-corrected chi connectivity index (χ3v) is 4.10. The van der Waals surface area contributed by atoms with Crippen molar-refractivity contribution in [1.29, 1.82) is 0 Å². The first-order valence-electron chi connectivity index (χ1n) is 6.72. The molecule has 0 amide bonds. The molecule has 0 spiro atoms. The normalized spacial score (nSPS) is 22.4. The molecule has 0 saturated carbocycles. The Hall–Kier alpha value is -1.81. The van der Waals surface area contributed by atoms with E-state index in [2.05, 4.69) is 30.1 Å². The summed E-state index contributed by atoms with van der Waals surface area (Å²) in [7, 11) is 0. The molecule has 0 bridgehead atoms. The van der Waals surface area contributed by atoms with Gasteiger partial charge in [0.1, 0.15) is 0 Å². The van der Waals surface area contributed by atoms with E-state index in [0.29, 0.717) is 12.8 Å². The summed E-state index contributed by atoms with van der Waals surface area (Å²) in [5.74, 6) is -1.13. The number of aryl methyl sites for hydroxylation is 1. The maximum absolute atomic E-state index is 11.2. The number of aliphatic carboxylic acids is 1. The highest BCUT2D eigenvalue weighted by Crippen LogP contribution is 2.37. The van der Waals surface area contributed by atoms with Crippen LogP contribution in [0.3, 0.4) is 0 Å². The van der Waals surface area contributed by atoms with Crippen LogP contribution in [0.5, 0.6) is 0 Å². The third-order valence-electron chi connectivity index (χ3n) is 4.10. The number of hydrogen-bond acceptors (Lipinski definition) is 2. The maximum atomic E-state index is 11.2. The molecule has 4 nitrogen and oxygen atoms in total. The number of carboxylic acid groups (broad SMARTS) is 1. The number of hydrogen-bond donors (Lipinski definition) is 3. The van der Waals surface area contributed by atoms with Gasteiger partial charge in [0.25, 0.3) is 0 Å². The van der Waals surface area contributed by atoms with Gasteiger partial charge in [0.15, 0.2) is 0 Å². The standard InChI is InChI=1S/C15H18N2O2/c1-2-8-3-4-12-10(5-8)14-11(16)6-9(15(18)19)7-13(14)17-12/h3-5,9,11,17H,2,6-7,16H2,1H3,(H,18,19). The van der Waals surface area contributed by atoms with Gasteiger partial charge in [-0.25, -0.2) is 0 Å². The highest BCUT2D eigenvalue weighted by molar-refractivity contribution is 5.87. The predicted molar refractivity (Wildman–Crippen MR) is 74.1 cm³/mol. The van der Waals surface area contributed by atoms with Crippen LogP contribution in [0.1, 0.15) is 36.2 Å². The Morgan fingerprint density at radius 2 is 2.32 bits per heavy atom. The summed E-state index contributed by atoms with van der Waals surface area (Å²) in [6.07, 6.45) is 2.06. The Labute approximate surface area is 111 Å². The van der Waals surface area contributed by atoms with Crippen LogP contribution in [0.4, 0.5) is 0 Å². The van der Waals surface area contributed by atoms with Gasteiger partial charge < -0.3 is 15.8 Å². The molecule has 1 aliphatic rings. The van der Waals surface area contributed by atoms with E-state index >= 15 is 0 Å². The van der Waals surface area contributed by atoms with Gasteiger partial charge in [0.2, 0.25) is 0 Å². The van der Waals surface area contributed by atoms with Crippen molar-refractivity contribution in [2.24, 2.45) is 11.7 Å². The lowest BCUT2D eigenvalue weighted by atomic mass is 9.83. The quantitative estimate of drug-likeness (QED) is 0.773. The fourth-order valence-corrected chi connectivity index (χ4v) is 3.06. The summed E-state index contributed by atoms with van der Waals surface area (Å²) in [5.41, 5.74) is 10.6. The van der Waals surface area contributed by atoms with Crippen LogP contribution in [-0.4, -0.2) is 16.1 Å². The van der Waals surface area contributed by atoms with Crippen LogP contribution < -0.4 is 5.73 Å². The molecule has 0 aliphatic heterocycles. The van der Waals surface area contributed by atoms with Crippen LogP contribution in [0, 0.1) is 5.92 Å². The van der Waals surface area contributed by atoms with Crippen LogP contribution >= 0.6 is 0 Å².